The van der Waals surface area contributed by atoms with Gasteiger partial charge in [-0.2, -0.15) is 15.0 Å². The molecule has 0 atom stereocenters. The van der Waals surface area contributed by atoms with Crippen LogP contribution < -0.4 is 15.4 Å². The fraction of sp³-hybridized carbons (Fsp3) is 0.357. The number of ether oxygens (including phenoxy) is 1. The molecule has 1 heterocycles. The number of halogens is 1. The standard InChI is InChI=1S/C14H18BrN5O/c1-3-20(4-2)13-17-12(16)18-14(19-13)21-9-10-7-5-6-8-11(10)15/h5-8H,3-4,9H2,1-2H3,(H2,16,17,18,19). The summed E-state index contributed by atoms with van der Waals surface area (Å²) >= 11 is 3.48. The zero-order chi connectivity index (χ0) is 15.2. The monoisotopic (exact) mass is 351 g/mol. The molecule has 2 aromatic rings. The first-order valence-electron chi connectivity index (χ1n) is 6.76. The molecule has 7 heteroatoms. The van der Waals surface area contributed by atoms with Gasteiger partial charge in [-0.15, -0.1) is 0 Å². The van der Waals surface area contributed by atoms with Crippen LogP contribution in [-0.2, 0) is 6.61 Å². The highest BCUT2D eigenvalue weighted by Gasteiger charge is 2.11. The molecular weight excluding hydrogens is 334 g/mol. The molecular formula is C14H18BrN5O. The summed E-state index contributed by atoms with van der Waals surface area (Å²) in [5, 5.41) is 0. The number of nitrogens with two attached hydrogens (primary N) is 1. The number of nitrogen functional groups attached to an aromatic ring is 1. The predicted molar refractivity (Wildman–Crippen MR) is 86.3 cm³/mol. The topological polar surface area (TPSA) is 77.2 Å². The first kappa shape index (κ1) is 15.5. The molecule has 1 aromatic heterocycles. The molecule has 0 saturated carbocycles. The molecule has 0 fully saturated rings. The number of hydrogen-bond donors (Lipinski definition) is 1. The second-order valence-corrected chi connectivity index (χ2v) is 5.18. The Morgan fingerprint density at radius 2 is 1.86 bits per heavy atom. The van der Waals surface area contributed by atoms with Crippen LogP contribution in [0.1, 0.15) is 19.4 Å². The second kappa shape index (κ2) is 7.21. The lowest BCUT2D eigenvalue weighted by molar-refractivity contribution is 0.280. The molecule has 2 N–H and O–H groups in total. The van der Waals surface area contributed by atoms with E-state index in [4.69, 9.17) is 10.5 Å². The molecule has 21 heavy (non-hydrogen) atoms. The van der Waals surface area contributed by atoms with Crippen LogP contribution in [0.4, 0.5) is 11.9 Å². The maximum absolute atomic E-state index is 5.73. The van der Waals surface area contributed by atoms with Crippen LogP contribution in [0.5, 0.6) is 6.01 Å². The van der Waals surface area contributed by atoms with Gasteiger partial charge in [0.05, 0.1) is 0 Å². The van der Waals surface area contributed by atoms with Crippen molar-refractivity contribution in [1.82, 2.24) is 15.0 Å². The molecule has 1 aromatic carbocycles. The lowest BCUT2D eigenvalue weighted by Gasteiger charge is -2.18. The van der Waals surface area contributed by atoms with Crippen molar-refractivity contribution in [3.8, 4) is 6.01 Å². The highest BCUT2D eigenvalue weighted by Crippen LogP contribution is 2.19. The van der Waals surface area contributed by atoms with E-state index in [-0.39, 0.29) is 12.0 Å². The number of aromatic nitrogens is 3. The van der Waals surface area contributed by atoms with E-state index in [1.165, 1.54) is 0 Å². The third-order valence-corrected chi connectivity index (χ3v) is 3.75. The highest BCUT2D eigenvalue weighted by atomic mass is 79.9. The van der Waals surface area contributed by atoms with Crippen molar-refractivity contribution in [3.63, 3.8) is 0 Å². The van der Waals surface area contributed by atoms with E-state index in [9.17, 15) is 0 Å². The molecule has 0 unspecified atom stereocenters. The van der Waals surface area contributed by atoms with Crippen LogP contribution >= 0.6 is 15.9 Å². The van der Waals surface area contributed by atoms with Gasteiger partial charge in [0.15, 0.2) is 0 Å². The van der Waals surface area contributed by atoms with Gasteiger partial charge in [0.1, 0.15) is 6.61 Å². The smallest absolute Gasteiger partial charge is 0.323 e. The molecule has 0 spiro atoms. The van der Waals surface area contributed by atoms with Crippen LogP contribution in [0.2, 0.25) is 0 Å². The third-order valence-electron chi connectivity index (χ3n) is 2.98. The maximum atomic E-state index is 5.73. The average Bonchev–Trinajstić information content (AvgIpc) is 2.47. The van der Waals surface area contributed by atoms with Gasteiger partial charge < -0.3 is 15.4 Å². The van der Waals surface area contributed by atoms with Crippen molar-refractivity contribution >= 4 is 27.8 Å². The molecule has 0 aliphatic rings. The minimum atomic E-state index is 0.161. The Labute approximate surface area is 132 Å². The van der Waals surface area contributed by atoms with Gasteiger partial charge in [0.25, 0.3) is 0 Å². The van der Waals surface area contributed by atoms with E-state index in [0.717, 1.165) is 23.1 Å². The first-order valence-corrected chi connectivity index (χ1v) is 7.56. The summed E-state index contributed by atoms with van der Waals surface area (Å²) in [6.07, 6.45) is 0. The van der Waals surface area contributed by atoms with Crippen LogP contribution in [0.25, 0.3) is 0 Å². The zero-order valence-corrected chi connectivity index (χ0v) is 13.7. The molecule has 0 amide bonds. The van der Waals surface area contributed by atoms with Gasteiger partial charge in [-0.25, -0.2) is 0 Å². The number of nitrogens with zero attached hydrogens (tertiary/aromatic N) is 4. The van der Waals surface area contributed by atoms with Gasteiger partial charge in [-0.1, -0.05) is 34.1 Å². The summed E-state index contributed by atoms with van der Waals surface area (Å²) < 4.78 is 6.62. The lowest BCUT2D eigenvalue weighted by Crippen LogP contribution is -2.25. The van der Waals surface area contributed by atoms with Crippen LogP contribution in [0.15, 0.2) is 28.7 Å². The van der Waals surface area contributed by atoms with Crippen molar-refractivity contribution in [3.05, 3.63) is 34.3 Å². The van der Waals surface area contributed by atoms with E-state index in [1.54, 1.807) is 0 Å². The Bertz CT molecular complexity index is 604. The summed E-state index contributed by atoms with van der Waals surface area (Å²) in [4.78, 5) is 14.5. The van der Waals surface area contributed by atoms with E-state index >= 15 is 0 Å². The Kier molecular flexibility index (Phi) is 5.32. The third kappa shape index (κ3) is 4.04. The summed E-state index contributed by atoms with van der Waals surface area (Å²) in [5.74, 6) is 0.698. The van der Waals surface area contributed by atoms with Crippen molar-refractivity contribution in [2.45, 2.75) is 20.5 Å². The Morgan fingerprint density at radius 3 is 2.52 bits per heavy atom. The van der Waals surface area contributed by atoms with E-state index < -0.39 is 0 Å². The SMILES string of the molecule is CCN(CC)c1nc(N)nc(OCc2ccccc2Br)n1. The molecule has 0 aliphatic carbocycles. The molecule has 6 nitrogen and oxygen atoms in total. The van der Waals surface area contributed by atoms with Crippen molar-refractivity contribution in [2.24, 2.45) is 0 Å². The fourth-order valence-electron chi connectivity index (χ4n) is 1.83. The second-order valence-electron chi connectivity index (χ2n) is 4.33. The summed E-state index contributed by atoms with van der Waals surface area (Å²) in [6.45, 7) is 6.02. The first-order chi connectivity index (χ1) is 10.1. The fourth-order valence-corrected chi connectivity index (χ4v) is 2.23. The minimum absolute atomic E-state index is 0.161. The molecule has 2 rings (SSSR count). The number of benzene rings is 1. The predicted octanol–water partition coefficient (Wildman–Crippen LogP) is 2.64. The van der Waals surface area contributed by atoms with Crippen LogP contribution in [0, 0.1) is 0 Å². The van der Waals surface area contributed by atoms with Gasteiger partial charge >= 0.3 is 6.01 Å². The van der Waals surface area contributed by atoms with Crippen LogP contribution in [-0.4, -0.2) is 28.0 Å². The van der Waals surface area contributed by atoms with Crippen LogP contribution in [0.3, 0.4) is 0 Å². The largest absolute Gasteiger partial charge is 0.458 e. The summed E-state index contributed by atoms with van der Waals surface area (Å²) in [7, 11) is 0. The molecule has 0 bridgehead atoms. The summed E-state index contributed by atoms with van der Waals surface area (Å²) in [6, 6.07) is 8.07. The van der Waals surface area contributed by atoms with Crippen molar-refractivity contribution in [2.75, 3.05) is 23.7 Å². The maximum Gasteiger partial charge on any atom is 0.323 e. The van der Waals surface area contributed by atoms with E-state index in [0.29, 0.717) is 12.6 Å². The Balaban J connectivity index is 2.15. The zero-order valence-electron chi connectivity index (χ0n) is 12.1. The molecule has 0 radical (unpaired) electrons. The van der Waals surface area contributed by atoms with Crippen molar-refractivity contribution < 1.29 is 4.74 Å². The number of hydrogen-bond acceptors (Lipinski definition) is 6. The lowest BCUT2D eigenvalue weighted by atomic mass is 10.2. The normalized spacial score (nSPS) is 10.4. The van der Waals surface area contributed by atoms with Gasteiger partial charge in [-0.3, -0.25) is 0 Å². The molecule has 112 valence electrons. The number of rotatable bonds is 6. The molecule has 0 aliphatic heterocycles. The number of anilines is 2. The van der Waals surface area contributed by atoms with E-state index in [1.807, 2.05) is 43.0 Å². The van der Waals surface area contributed by atoms with Crippen molar-refractivity contribution in [1.29, 1.82) is 0 Å². The summed E-state index contributed by atoms with van der Waals surface area (Å²) in [5.41, 5.74) is 6.74. The van der Waals surface area contributed by atoms with E-state index in [2.05, 4.69) is 30.9 Å². The highest BCUT2D eigenvalue weighted by molar-refractivity contribution is 9.10. The quantitative estimate of drug-likeness (QED) is 0.861. The Hall–Kier alpha value is -1.89. The Morgan fingerprint density at radius 1 is 1.14 bits per heavy atom. The van der Waals surface area contributed by atoms with Gasteiger partial charge in [0, 0.05) is 23.1 Å². The molecule has 0 saturated heterocycles. The minimum Gasteiger partial charge on any atom is -0.458 e. The van der Waals surface area contributed by atoms with Gasteiger partial charge in [0.2, 0.25) is 11.9 Å². The van der Waals surface area contributed by atoms with Gasteiger partial charge in [-0.05, 0) is 19.9 Å². The average molecular weight is 352 g/mol.